The van der Waals surface area contributed by atoms with Crippen LogP contribution < -0.4 is 4.74 Å². The van der Waals surface area contributed by atoms with E-state index in [0.29, 0.717) is 0 Å². The van der Waals surface area contributed by atoms with Crippen LogP contribution in [0.2, 0.25) is 0 Å². The highest BCUT2D eigenvalue weighted by Gasteiger charge is 2.17. The van der Waals surface area contributed by atoms with E-state index in [1.807, 2.05) is 31.3 Å². The fraction of sp³-hybridized carbons (Fsp3) is 0.421. The third-order valence-electron chi connectivity index (χ3n) is 4.53. The Balaban J connectivity index is 1.47. The molecule has 0 radical (unpaired) electrons. The second-order valence-electron chi connectivity index (χ2n) is 6.32. The monoisotopic (exact) mass is 347 g/mol. The quantitative estimate of drug-likeness (QED) is 0.802. The maximum atomic E-state index is 12.2. The molecule has 2 heterocycles. The summed E-state index contributed by atoms with van der Waals surface area (Å²) in [4.78, 5) is 9.18. The van der Waals surface area contributed by atoms with Gasteiger partial charge in [-0.15, -0.1) is 0 Å². The highest BCUT2D eigenvalue weighted by atomic mass is 19.3. The number of halogens is 2. The number of benzene rings is 1. The van der Waals surface area contributed by atoms with Crippen molar-refractivity contribution in [2.75, 3.05) is 26.2 Å². The lowest BCUT2D eigenvalue weighted by Crippen LogP contribution is -2.45. The number of pyridine rings is 1. The molecule has 0 aliphatic carbocycles. The number of rotatable bonds is 6. The van der Waals surface area contributed by atoms with Gasteiger partial charge in [0.25, 0.3) is 0 Å². The second kappa shape index (κ2) is 8.36. The van der Waals surface area contributed by atoms with Gasteiger partial charge in [0.15, 0.2) is 0 Å². The third kappa shape index (κ3) is 5.21. The van der Waals surface area contributed by atoms with E-state index in [4.69, 9.17) is 0 Å². The molecule has 4 nitrogen and oxygen atoms in total. The minimum absolute atomic E-state index is 0.204. The number of alkyl halides is 2. The summed E-state index contributed by atoms with van der Waals surface area (Å²) in [5.41, 5.74) is 3.49. The largest absolute Gasteiger partial charge is 0.435 e. The van der Waals surface area contributed by atoms with E-state index in [0.717, 1.165) is 50.5 Å². The molecule has 134 valence electrons. The zero-order valence-electron chi connectivity index (χ0n) is 14.4. The van der Waals surface area contributed by atoms with E-state index in [9.17, 15) is 8.78 Å². The molecule has 0 saturated carbocycles. The van der Waals surface area contributed by atoms with E-state index in [-0.39, 0.29) is 5.75 Å². The van der Waals surface area contributed by atoms with Gasteiger partial charge in [0.1, 0.15) is 5.75 Å². The molecule has 1 aliphatic rings. The van der Waals surface area contributed by atoms with Crippen LogP contribution in [0, 0.1) is 6.92 Å². The molecule has 0 bridgehead atoms. The molecule has 25 heavy (non-hydrogen) atoms. The lowest BCUT2D eigenvalue weighted by Gasteiger charge is -2.34. The molecule has 0 amide bonds. The van der Waals surface area contributed by atoms with E-state index in [1.54, 1.807) is 12.1 Å². The second-order valence-corrected chi connectivity index (χ2v) is 6.32. The van der Waals surface area contributed by atoms with Crippen molar-refractivity contribution in [3.63, 3.8) is 0 Å². The van der Waals surface area contributed by atoms with Crippen LogP contribution in [0.15, 0.2) is 42.6 Å². The van der Waals surface area contributed by atoms with E-state index >= 15 is 0 Å². The first kappa shape index (κ1) is 17.8. The minimum atomic E-state index is -2.78. The molecule has 6 heteroatoms. The first-order valence-corrected chi connectivity index (χ1v) is 8.49. The molecular weight excluding hydrogens is 324 g/mol. The predicted molar refractivity (Wildman–Crippen MR) is 92.6 cm³/mol. The number of piperazine rings is 1. The molecular formula is C19H23F2N3O. The van der Waals surface area contributed by atoms with Crippen molar-refractivity contribution in [1.82, 2.24) is 14.8 Å². The summed E-state index contributed by atoms with van der Waals surface area (Å²) < 4.78 is 28.7. The van der Waals surface area contributed by atoms with Gasteiger partial charge in [0.2, 0.25) is 0 Å². The van der Waals surface area contributed by atoms with E-state index in [2.05, 4.69) is 25.6 Å². The molecule has 3 rings (SSSR count). The van der Waals surface area contributed by atoms with Gasteiger partial charge in [0, 0.05) is 51.2 Å². The SMILES string of the molecule is Cc1ncccc1CN1CCN(Cc2ccc(OC(F)F)cc2)CC1. The minimum Gasteiger partial charge on any atom is -0.435 e. The molecule has 1 saturated heterocycles. The Morgan fingerprint density at radius 3 is 2.24 bits per heavy atom. The van der Waals surface area contributed by atoms with Gasteiger partial charge in [0.05, 0.1) is 0 Å². The smallest absolute Gasteiger partial charge is 0.387 e. The van der Waals surface area contributed by atoms with Crippen LogP contribution >= 0.6 is 0 Å². The predicted octanol–water partition coefficient (Wildman–Crippen LogP) is 3.31. The fourth-order valence-corrected chi connectivity index (χ4v) is 3.07. The first-order valence-electron chi connectivity index (χ1n) is 8.49. The maximum Gasteiger partial charge on any atom is 0.387 e. The number of ether oxygens (including phenoxy) is 1. The van der Waals surface area contributed by atoms with Crippen LogP contribution in [-0.4, -0.2) is 47.6 Å². The van der Waals surface area contributed by atoms with Crippen molar-refractivity contribution >= 4 is 0 Å². The van der Waals surface area contributed by atoms with E-state index in [1.165, 1.54) is 5.56 Å². The van der Waals surface area contributed by atoms with Gasteiger partial charge in [-0.2, -0.15) is 8.78 Å². The average molecular weight is 347 g/mol. The number of hydrogen-bond donors (Lipinski definition) is 0. The Labute approximate surface area is 147 Å². The van der Waals surface area contributed by atoms with Crippen molar-refractivity contribution in [3.05, 3.63) is 59.4 Å². The van der Waals surface area contributed by atoms with Crippen LogP contribution in [-0.2, 0) is 13.1 Å². The number of hydrogen-bond acceptors (Lipinski definition) is 4. The molecule has 0 atom stereocenters. The third-order valence-corrected chi connectivity index (χ3v) is 4.53. The Kier molecular flexibility index (Phi) is 5.94. The summed E-state index contributed by atoms with van der Waals surface area (Å²) >= 11 is 0. The zero-order valence-corrected chi connectivity index (χ0v) is 14.4. The molecule has 1 aromatic heterocycles. The van der Waals surface area contributed by atoms with Gasteiger partial charge in [-0.25, -0.2) is 0 Å². The summed E-state index contributed by atoms with van der Waals surface area (Å²) in [6.07, 6.45) is 1.83. The van der Waals surface area contributed by atoms with Crippen LogP contribution in [0.4, 0.5) is 8.78 Å². The van der Waals surface area contributed by atoms with Crippen LogP contribution in [0.1, 0.15) is 16.8 Å². The Bertz CT molecular complexity index is 671. The molecule has 1 aromatic carbocycles. The topological polar surface area (TPSA) is 28.6 Å². The lowest BCUT2D eigenvalue weighted by molar-refractivity contribution is -0.0498. The molecule has 0 unspecified atom stereocenters. The highest BCUT2D eigenvalue weighted by molar-refractivity contribution is 5.27. The number of nitrogens with zero attached hydrogens (tertiary/aromatic N) is 3. The van der Waals surface area contributed by atoms with Crippen LogP contribution in [0.3, 0.4) is 0 Å². The van der Waals surface area contributed by atoms with Gasteiger partial charge < -0.3 is 4.74 Å². The van der Waals surface area contributed by atoms with Crippen molar-refractivity contribution in [3.8, 4) is 5.75 Å². The fourth-order valence-electron chi connectivity index (χ4n) is 3.07. The average Bonchev–Trinajstić information content (AvgIpc) is 2.60. The van der Waals surface area contributed by atoms with Crippen molar-refractivity contribution in [2.45, 2.75) is 26.6 Å². The molecule has 0 N–H and O–H groups in total. The molecule has 1 aliphatic heterocycles. The highest BCUT2D eigenvalue weighted by Crippen LogP contribution is 2.17. The Morgan fingerprint density at radius 2 is 1.64 bits per heavy atom. The van der Waals surface area contributed by atoms with Gasteiger partial charge in [-0.3, -0.25) is 14.8 Å². The van der Waals surface area contributed by atoms with Gasteiger partial charge in [-0.1, -0.05) is 18.2 Å². The molecule has 1 fully saturated rings. The summed E-state index contributed by atoms with van der Waals surface area (Å²) in [6.45, 7) is 5.06. The van der Waals surface area contributed by atoms with Crippen molar-refractivity contribution < 1.29 is 13.5 Å². The summed E-state index contributed by atoms with van der Waals surface area (Å²) in [6, 6.07) is 11.0. The Hall–Kier alpha value is -2.05. The summed E-state index contributed by atoms with van der Waals surface area (Å²) in [5.74, 6) is 0.204. The number of aromatic nitrogens is 1. The normalized spacial score (nSPS) is 16.3. The zero-order chi connectivity index (χ0) is 17.6. The van der Waals surface area contributed by atoms with Gasteiger partial charge >= 0.3 is 6.61 Å². The summed E-state index contributed by atoms with van der Waals surface area (Å²) in [7, 11) is 0. The van der Waals surface area contributed by atoms with Crippen molar-refractivity contribution in [2.24, 2.45) is 0 Å². The lowest BCUT2D eigenvalue weighted by atomic mass is 10.1. The maximum absolute atomic E-state index is 12.2. The Morgan fingerprint density at radius 1 is 1.00 bits per heavy atom. The van der Waals surface area contributed by atoms with Crippen LogP contribution in [0.25, 0.3) is 0 Å². The molecule has 2 aromatic rings. The van der Waals surface area contributed by atoms with Gasteiger partial charge in [-0.05, 0) is 36.2 Å². The van der Waals surface area contributed by atoms with Crippen LogP contribution in [0.5, 0.6) is 5.75 Å². The first-order chi connectivity index (χ1) is 12.1. The summed E-state index contributed by atoms with van der Waals surface area (Å²) in [5, 5.41) is 0. The van der Waals surface area contributed by atoms with Crippen molar-refractivity contribution in [1.29, 1.82) is 0 Å². The standard InChI is InChI=1S/C19H23F2N3O/c1-15-17(3-2-8-22-15)14-24-11-9-23(10-12-24)13-16-4-6-18(7-5-16)25-19(20)21/h2-8,19H,9-14H2,1H3. The number of aryl methyl sites for hydroxylation is 1. The van der Waals surface area contributed by atoms with E-state index < -0.39 is 6.61 Å². The molecule has 0 spiro atoms.